The number of rotatable bonds is 1. The first-order chi connectivity index (χ1) is 13.4. The molecule has 2 aliphatic rings. The quantitative estimate of drug-likeness (QED) is 0.742. The lowest BCUT2D eigenvalue weighted by Crippen LogP contribution is -2.69. The van der Waals surface area contributed by atoms with Gasteiger partial charge in [-0.25, -0.2) is 9.18 Å². The van der Waals surface area contributed by atoms with E-state index in [4.69, 9.17) is 9.47 Å². The molecule has 0 aromatic heterocycles. The number of hydrogen-bond donors (Lipinski definition) is 2. The zero-order chi connectivity index (χ0) is 21.6. The van der Waals surface area contributed by atoms with E-state index < -0.39 is 29.0 Å². The molecule has 29 heavy (non-hydrogen) atoms. The molecule has 1 aromatic rings. The van der Waals surface area contributed by atoms with E-state index in [2.05, 4.69) is 10.3 Å². The monoisotopic (exact) mass is 407 g/mol. The van der Waals surface area contributed by atoms with Gasteiger partial charge in [-0.05, 0) is 52.3 Å². The second kappa shape index (κ2) is 7.29. The lowest BCUT2D eigenvalue weighted by atomic mass is 9.72. The van der Waals surface area contributed by atoms with Crippen molar-refractivity contribution in [3.63, 3.8) is 0 Å². The Kier molecular flexibility index (Phi) is 5.29. The minimum absolute atomic E-state index is 0.0356. The van der Waals surface area contributed by atoms with E-state index in [-0.39, 0.29) is 35.9 Å². The third-order valence-corrected chi connectivity index (χ3v) is 5.06. The third kappa shape index (κ3) is 4.05. The molecule has 2 aliphatic heterocycles. The molecule has 3 rings (SSSR count). The third-order valence-electron chi connectivity index (χ3n) is 5.06. The minimum atomic E-state index is -1.32. The molecular formula is C20H26FN3O5. The summed E-state index contributed by atoms with van der Waals surface area (Å²) in [7, 11) is 1.49. The fourth-order valence-corrected chi connectivity index (χ4v) is 3.69. The van der Waals surface area contributed by atoms with Gasteiger partial charge in [0.05, 0.1) is 18.6 Å². The maximum absolute atomic E-state index is 14.8. The Morgan fingerprint density at radius 3 is 2.79 bits per heavy atom. The lowest BCUT2D eigenvalue weighted by Gasteiger charge is -2.51. The summed E-state index contributed by atoms with van der Waals surface area (Å²) < 4.78 is 25.8. The molecule has 0 radical (unpaired) electrons. The number of nitrogens with one attached hydrogen (secondary N) is 1. The predicted octanol–water partition coefficient (Wildman–Crippen LogP) is 2.50. The first-order valence-corrected chi connectivity index (χ1v) is 9.41. The van der Waals surface area contributed by atoms with Crippen LogP contribution in [0.1, 0.15) is 39.7 Å². The number of guanidine groups is 1. The van der Waals surface area contributed by atoms with Crippen molar-refractivity contribution in [3.8, 4) is 5.75 Å². The Balaban J connectivity index is 2.09. The Bertz CT molecular complexity index is 866. The Morgan fingerprint density at radius 2 is 2.14 bits per heavy atom. The number of fused-ring (bicyclic) bond motifs is 1. The normalized spacial score (nSPS) is 28.7. The van der Waals surface area contributed by atoms with E-state index in [1.807, 2.05) is 6.92 Å². The molecule has 0 bridgehead atoms. The predicted molar refractivity (Wildman–Crippen MR) is 103 cm³/mol. The van der Waals surface area contributed by atoms with Crippen LogP contribution < -0.4 is 5.32 Å². The number of carbonyl (C=O) groups excluding carboxylic acids is 2. The van der Waals surface area contributed by atoms with E-state index in [1.165, 1.54) is 24.1 Å². The number of halogens is 1. The van der Waals surface area contributed by atoms with Crippen LogP contribution in [0.4, 0.5) is 9.18 Å². The molecule has 2 heterocycles. The number of aromatic hydroxyl groups is 1. The molecule has 2 N–H and O–H groups in total. The zero-order valence-corrected chi connectivity index (χ0v) is 17.2. The van der Waals surface area contributed by atoms with Gasteiger partial charge < -0.3 is 19.9 Å². The van der Waals surface area contributed by atoms with Crippen LogP contribution in [0.3, 0.4) is 0 Å². The molecule has 8 nitrogen and oxygen atoms in total. The van der Waals surface area contributed by atoms with Crippen molar-refractivity contribution >= 4 is 18.0 Å². The van der Waals surface area contributed by atoms with Crippen LogP contribution in [0.15, 0.2) is 23.2 Å². The van der Waals surface area contributed by atoms with E-state index in [9.17, 15) is 19.1 Å². The summed E-state index contributed by atoms with van der Waals surface area (Å²) in [4.78, 5) is 30.5. The fourth-order valence-electron chi connectivity index (χ4n) is 3.69. The molecule has 0 aliphatic carbocycles. The second-order valence-electron chi connectivity index (χ2n) is 8.48. The summed E-state index contributed by atoms with van der Waals surface area (Å²) in [5.74, 6) is -1.82. The summed E-state index contributed by atoms with van der Waals surface area (Å²) >= 11 is 0. The van der Waals surface area contributed by atoms with E-state index in [0.717, 1.165) is 6.07 Å². The van der Waals surface area contributed by atoms with Gasteiger partial charge in [0.25, 0.3) is 0 Å². The van der Waals surface area contributed by atoms with Gasteiger partial charge in [0.1, 0.15) is 22.7 Å². The van der Waals surface area contributed by atoms with Crippen molar-refractivity contribution in [1.29, 1.82) is 0 Å². The van der Waals surface area contributed by atoms with Crippen molar-refractivity contribution in [2.75, 3.05) is 13.7 Å². The summed E-state index contributed by atoms with van der Waals surface area (Å²) in [6, 6.07) is 3.62. The van der Waals surface area contributed by atoms with Crippen molar-refractivity contribution < 1.29 is 28.6 Å². The lowest BCUT2D eigenvalue weighted by molar-refractivity contribution is -0.148. The number of carbonyl (C=O) groups is 2. The van der Waals surface area contributed by atoms with Gasteiger partial charge in [-0.3, -0.25) is 9.69 Å². The Hall–Kier alpha value is -2.68. The SMILES string of the molecule is C[C@H]1C[C@H]2C(=O)N(C)/C(=N\C(=O)OC(C)(C)C)N[C@@]2(c2cc(O)ccc2F)CO1. The van der Waals surface area contributed by atoms with Gasteiger partial charge in [-0.15, -0.1) is 4.99 Å². The molecular weight excluding hydrogens is 381 g/mol. The number of phenolic OH excluding ortho intramolecular Hbond substituents is 1. The number of nitrogens with zero attached hydrogens (tertiary/aromatic N) is 2. The largest absolute Gasteiger partial charge is 0.508 e. The van der Waals surface area contributed by atoms with Crippen LogP contribution in [0.25, 0.3) is 0 Å². The Morgan fingerprint density at radius 1 is 1.45 bits per heavy atom. The molecule has 158 valence electrons. The highest BCUT2D eigenvalue weighted by atomic mass is 19.1. The van der Waals surface area contributed by atoms with Crippen LogP contribution in [0.2, 0.25) is 0 Å². The number of aliphatic imine (C=N–C) groups is 1. The molecule has 0 unspecified atom stereocenters. The van der Waals surface area contributed by atoms with Crippen LogP contribution in [0.5, 0.6) is 5.75 Å². The first kappa shape index (κ1) is 21.0. The molecule has 3 atom stereocenters. The van der Waals surface area contributed by atoms with Crippen LogP contribution >= 0.6 is 0 Å². The van der Waals surface area contributed by atoms with Crippen LogP contribution in [-0.4, -0.2) is 53.3 Å². The van der Waals surface area contributed by atoms with Crippen molar-refractivity contribution in [1.82, 2.24) is 10.2 Å². The molecule has 0 spiro atoms. The summed E-state index contributed by atoms with van der Waals surface area (Å²) in [6.07, 6.45) is -0.753. The van der Waals surface area contributed by atoms with E-state index in [0.29, 0.717) is 6.42 Å². The minimum Gasteiger partial charge on any atom is -0.508 e. The maximum atomic E-state index is 14.8. The van der Waals surface area contributed by atoms with Gasteiger partial charge in [0.15, 0.2) is 0 Å². The maximum Gasteiger partial charge on any atom is 0.437 e. The van der Waals surface area contributed by atoms with Gasteiger partial charge in [-0.1, -0.05) is 0 Å². The highest BCUT2D eigenvalue weighted by Gasteiger charge is 2.55. The first-order valence-electron chi connectivity index (χ1n) is 9.41. The number of hydrogen-bond acceptors (Lipinski definition) is 5. The fraction of sp³-hybridized carbons (Fsp3) is 0.550. The van der Waals surface area contributed by atoms with Crippen LogP contribution in [-0.2, 0) is 19.8 Å². The zero-order valence-electron chi connectivity index (χ0n) is 17.2. The number of benzene rings is 1. The summed E-state index contributed by atoms with van der Waals surface area (Å²) in [5.41, 5.74) is -2.01. The van der Waals surface area contributed by atoms with E-state index in [1.54, 1.807) is 20.8 Å². The summed E-state index contributed by atoms with van der Waals surface area (Å²) in [6.45, 7) is 6.89. The molecule has 2 fully saturated rings. The van der Waals surface area contributed by atoms with Crippen molar-refractivity contribution in [2.45, 2.75) is 51.4 Å². The second-order valence-corrected chi connectivity index (χ2v) is 8.48. The van der Waals surface area contributed by atoms with Crippen molar-refractivity contribution in [3.05, 3.63) is 29.6 Å². The van der Waals surface area contributed by atoms with E-state index >= 15 is 0 Å². The summed E-state index contributed by atoms with van der Waals surface area (Å²) in [5, 5.41) is 13.0. The van der Waals surface area contributed by atoms with Crippen molar-refractivity contribution in [2.24, 2.45) is 10.9 Å². The van der Waals surface area contributed by atoms with Gasteiger partial charge in [-0.2, -0.15) is 0 Å². The Labute approximate surface area is 168 Å². The highest BCUT2D eigenvalue weighted by Crippen LogP contribution is 2.43. The number of ether oxygens (including phenoxy) is 2. The topological polar surface area (TPSA) is 100 Å². The average Bonchev–Trinajstić information content (AvgIpc) is 2.61. The molecule has 2 saturated heterocycles. The van der Waals surface area contributed by atoms with Gasteiger partial charge in [0, 0.05) is 12.6 Å². The van der Waals surface area contributed by atoms with Crippen LogP contribution in [0, 0.1) is 11.7 Å². The standard InChI is InChI=1S/C20H26FN3O5/c1-11-8-14-16(26)24(5)17(22-18(27)29-19(2,3)4)23-20(14,10-28-11)13-9-12(25)6-7-15(13)21/h6-7,9,11,14,25H,8,10H2,1-5H3,(H,22,23,27)/t11-,14-,20+/m0/s1. The molecule has 0 saturated carbocycles. The molecule has 9 heteroatoms. The smallest absolute Gasteiger partial charge is 0.437 e. The number of amides is 2. The van der Waals surface area contributed by atoms with Gasteiger partial charge >= 0.3 is 6.09 Å². The molecule has 1 aromatic carbocycles. The van der Waals surface area contributed by atoms with Gasteiger partial charge in [0.2, 0.25) is 11.9 Å². The number of phenols is 1. The molecule has 2 amide bonds. The average molecular weight is 407 g/mol. The highest BCUT2D eigenvalue weighted by molar-refractivity contribution is 6.04.